The standard InChI is InChI=1S/C17H20ClN5O3/c1-10(15(25)23-8-6-17(4-5-17)7-9-23)19-16-22-21-14(26-16)12-3-2-11(18)13(24)20-12/h2-3,10H,4-9H2,1H3,(H,19,22)(H,20,24)/t10-/m0/s1. The third-order valence-electron chi connectivity index (χ3n) is 5.32. The molecule has 9 heteroatoms. The number of piperidine rings is 1. The van der Waals surface area contributed by atoms with Crippen LogP contribution in [0, 0.1) is 5.41 Å². The fraction of sp³-hybridized carbons (Fsp3) is 0.529. The van der Waals surface area contributed by atoms with Crippen molar-refractivity contribution in [2.75, 3.05) is 18.4 Å². The number of carbonyl (C=O) groups is 1. The molecule has 1 aliphatic heterocycles. The Kier molecular flexibility index (Phi) is 4.22. The number of carbonyl (C=O) groups excluding carboxylic acids is 1. The summed E-state index contributed by atoms with van der Waals surface area (Å²) < 4.78 is 5.50. The smallest absolute Gasteiger partial charge is 0.316 e. The number of anilines is 1. The van der Waals surface area contributed by atoms with E-state index in [1.807, 2.05) is 4.90 Å². The first-order valence-electron chi connectivity index (χ1n) is 8.74. The van der Waals surface area contributed by atoms with Gasteiger partial charge in [0.2, 0.25) is 5.91 Å². The van der Waals surface area contributed by atoms with Crippen LogP contribution < -0.4 is 10.9 Å². The molecule has 1 amide bonds. The monoisotopic (exact) mass is 377 g/mol. The summed E-state index contributed by atoms with van der Waals surface area (Å²) >= 11 is 5.71. The van der Waals surface area contributed by atoms with Crippen molar-refractivity contribution in [1.29, 1.82) is 0 Å². The fourth-order valence-corrected chi connectivity index (χ4v) is 3.48. The Morgan fingerprint density at radius 1 is 1.31 bits per heavy atom. The van der Waals surface area contributed by atoms with Crippen LogP contribution >= 0.6 is 11.6 Å². The van der Waals surface area contributed by atoms with Crippen molar-refractivity contribution < 1.29 is 9.21 Å². The Morgan fingerprint density at radius 2 is 2.04 bits per heavy atom. The average Bonchev–Trinajstić information content (AvgIpc) is 3.22. The summed E-state index contributed by atoms with van der Waals surface area (Å²) in [7, 11) is 0. The predicted octanol–water partition coefficient (Wildman–Crippen LogP) is 2.28. The second-order valence-corrected chi connectivity index (χ2v) is 7.56. The van der Waals surface area contributed by atoms with E-state index in [0.717, 1.165) is 25.9 Å². The van der Waals surface area contributed by atoms with E-state index < -0.39 is 11.6 Å². The van der Waals surface area contributed by atoms with Crippen molar-refractivity contribution in [2.24, 2.45) is 5.41 Å². The number of hydrogen-bond acceptors (Lipinski definition) is 6. The molecule has 1 saturated heterocycles. The number of nitrogens with zero attached hydrogens (tertiary/aromatic N) is 3. The fourth-order valence-electron chi connectivity index (χ4n) is 3.37. The molecule has 138 valence electrons. The van der Waals surface area contributed by atoms with Crippen molar-refractivity contribution in [3.63, 3.8) is 0 Å². The number of H-pyrrole nitrogens is 1. The highest BCUT2D eigenvalue weighted by Gasteiger charge is 2.45. The summed E-state index contributed by atoms with van der Waals surface area (Å²) in [5, 5.41) is 10.8. The average molecular weight is 378 g/mol. The highest BCUT2D eigenvalue weighted by Crippen LogP contribution is 2.53. The molecule has 2 aliphatic rings. The second kappa shape index (κ2) is 6.42. The van der Waals surface area contributed by atoms with E-state index in [1.165, 1.54) is 18.9 Å². The van der Waals surface area contributed by atoms with Gasteiger partial charge < -0.3 is 19.6 Å². The van der Waals surface area contributed by atoms with Gasteiger partial charge in [0.15, 0.2) is 0 Å². The van der Waals surface area contributed by atoms with E-state index in [-0.39, 0.29) is 22.8 Å². The summed E-state index contributed by atoms with van der Waals surface area (Å²) in [4.78, 5) is 28.6. The van der Waals surface area contributed by atoms with Crippen LogP contribution in [0.5, 0.6) is 0 Å². The van der Waals surface area contributed by atoms with Gasteiger partial charge >= 0.3 is 6.01 Å². The lowest BCUT2D eigenvalue weighted by atomic mass is 9.93. The minimum atomic E-state index is -0.471. The zero-order valence-electron chi connectivity index (χ0n) is 14.4. The molecule has 1 spiro atoms. The van der Waals surface area contributed by atoms with E-state index in [2.05, 4.69) is 20.5 Å². The van der Waals surface area contributed by atoms with Gasteiger partial charge in [-0.3, -0.25) is 9.59 Å². The van der Waals surface area contributed by atoms with Gasteiger partial charge in [-0.15, -0.1) is 5.10 Å². The molecular weight excluding hydrogens is 358 g/mol. The minimum absolute atomic E-state index is 0.0279. The lowest BCUT2D eigenvalue weighted by Gasteiger charge is -2.33. The molecule has 26 heavy (non-hydrogen) atoms. The van der Waals surface area contributed by atoms with E-state index in [0.29, 0.717) is 11.1 Å². The van der Waals surface area contributed by atoms with Crippen LogP contribution in [0.15, 0.2) is 21.3 Å². The molecule has 2 N–H and O–H groups in total. The van der Waals surface area contributed by atoms with Crippen LogP contribution in [0.2, 0.25) is 5.02 Å². The van der Waals surface area contributed by atoms with Gasteiger partial charge in [0, 0.05) is 13.1 Å². The molecule has 0 bridgehead atoms. The van der Waals surface area contributed by atoms with Gasteiger partial charge in [0.05, 0.1) is 0 Å². The number of amides is 1. The van der Waals surface area contributed by atoms with Crippen LogP contribution in [0.25, 0.3) is 11.6 Å². The summed E-state index contributed by atoms with van der Waals surface area (Å²) in [5.41, 5.74) is 0.466. The van der Waals surface area contributed by atoms with Crippen molar-refractivity contribution in [3.8, 4) is 11.6 Å². The quantitative estimate of drug-likeness (QED) is 0.847. The summed E-state index contributed by atoms with van der Waals surface area (Å²) in [5.74, 6) is 0.176. The zero-order valence-corrected chi connectivity index (χ0v) is 15.2. The van der Waals surface area contributed by atoms with E-state index in [4.69, 9.17) is 16.0 Å². The maximum Gasteiger partial charge on any atom is 0.316 e. The molecule has 3 heterocycles. The SMILES string of the molecule is C[C@H](Nc1nnc(-c2ccc(Cl)c(=O)[nH]2)o1)C(=O)N1CCC2(CC1)CC2. The van der Waals surface area contributed by atoms with Gasteiger partial charge in [0.1, 0.15) is 16.8 Å². The predicted molar refractivity (Wildman–Crippen MR) is 95.9 cm³/mol. The van der Waals surface area contributed by atoms with Crippen molar-refractivity contribution in [2.45, 2.75) is 38.6 Å². The number of nitrogens with one attached hydrogen (secondary N) is 2. The molecule has 0 radical (unpaired) electrons. The van der Waals surface area contributed by atoms with E-state index >= 15 is 0 Å². The third kappa shape index (κ3) is 3.33. The molecule has 0 unspecified atom stereocenters. The molecule has 8 nitrogen and oxygen atoms in total. The van der Waals surface area contributed by atoms with Gasteiger partial charge in [-0.1, -0.05) is 16.7 Å². The van der Waals surface area contributed by atoms with E-state index in [1.54, 1.807) is 13.0 Å². The van der Waals surface area contributed by atoms with Crippen molar-refractivity contribution >= 4 is 23.5 Å². The van der Waals surface area contributed by atoms with Gasteiger partial charge in [-0.05, 0) is 50.2 Å². The number of aromatic nitrogens is 3. The molecule has 0 aromatic carbocycles. The van der Waals surface area contributed by atoms with Crippen LogP contribution in [0.4, 0.5) is 6.01 Å². The number of halogens is 1. The topological polar surface area (TPSA) is 104 Å². The van der Waals surface area contributed by atoms with E-state index in [9.17, 15) is 9.59 Å². The summed E-state index contributed by atoms with van der Waals surface area (Å²) in [6.45, 7) is 3.40. The van der Waals surface area contributed by atoms with Crippen LogP contribution in [0.3, 0.4) is 0 Å². The molecule has 1 saturated carbocycles. The number of hydrogen-bond donors (Lipinski definition) is 2. The number of likely N-dealkylation sites (tertiary alicyclic amines) is 1. The summed E-state index contributed by atoms with van der Waals surface area (Å²) in [6.07, 6.45) is 4.81. The molecular formula is C17H20ClN5O3. The number of rotatable bonds is 4. The highest BCUT2D eigenvalue weighted by molar-refractivity contribution is 6.30. The van der Waals surface area contributed by atoms with Crippen LogP contribution in [-0.4, -0.2) is 45.1 Å². The lowest BCUT2D eigenvalue weighted by molar-refractivity contribution is -0.133. The van der Waals surface area contributed by atoms with Gasteiger partial charge in [-0.2, -0.15) is 0 Å². The number of pyridine rings is 1. The molecule has 2 fully saturated rings. The Balaban J connectivity index is 1.39. The minimum Gasteiger partial charge on any atom is -0.402 e. The van der Waals surface area contributed by atoms with Crippen molar-refractivity contribution in [1.82, 2.24) is 20.1 Å². The Bertz CT molecular complexity index is 879. The Hall–Kier alpha value is -2.35. The molecule has 2 aromatic rings. The Morgan fingerprint density at radius 3 is 2.69 bits per heavy atom. The maximum absolute atomic E-state index is 12.6. The maximum atomic E-state index is 12.6. The van der Waals surface area contributed by atoms with Gasteiger partial charge in [-0.25, -0.2) is 0 Å². The molecule has 1 aliphatic carbocycles. The molecule has 1 atom stereocenters. The van der Waals surface area contributed by atoms with Gasteiger partial charge in [0.25, 0.3) is 11.4 Å². The normalized spacial score (nSPS) is 19.4. The van der Waals surface area contributed by atoms with Crippen LogP contribution in [-0.2, 0) is 4.79 Å². The molecule has 4 rings (SSSR count). The Labute approximate surface area is 154 Å². The first kappa shape index (κ1) is 17.1. The lowest BCUT2D eigenvalue weighted by Crippen LogP contribution is -2.45. The largest absolute Gasteiger partial charge is 0.402 e. The zero-order chi connectivity index (χ0) is 18.3. The van der Waals surface area contributed by atoms with Crippen LogP contribution in [0.1, 0.15) is 32.6 Å². The first-order chi connectivity index (χ1) is 12.5. The highest BCUT2D eigenvalue weighted by atomic mass is 35.5. The second-order valence-electron chi connectivity index (χ2n) is 7.15. The summed E-state index contributed by atoms with van der Waals surface area (Å²) in [6, 6.07) is 2.70. The molecule has 2 aromatic heterocycles. The van der Waals surface area contributed by atoms with Crippen molar-refractivity contribution in [3.05, 3.63) is 27.5 Å². The third-order valence-corrected chi connectivity index (χ3v) is 5.62. The number of aromatic amines is 1. The first-order valence-corrected chi connectivity index (χ1v) is 9.12.